The first-order valence-electron chi connectivity index (χ1n) is 12.7. The number of para-hydroxylation sites is 1. The maximum atomic E-state index is 13.7. The first kappa shape index (κ1) is 26.5. The lowest BCUT2D eigenvalue weighted by molar-refractivity contribution is -0.114. The molecule has 1 aliphatic rings. The number of anilines is 2. The summed E-state index contributed by atoms with van der Waals surface area (Å²) in [4.78, 5) is 22.1. The first-order chi connectivity index (χ1) is 18.0. The third-order valence-electron chi connectivity index (χ3n) is 6.45. The average Bonchev–Trinajstić information content (AvgIpc) is 2.92. The number of amides is 1. The average molecular weight is 516 g/mol. The quantitative estimate of drug-likeness (QED) is 0.199. The van der Waals surface area contributed by atoms with Crippen LogP contribution >= 0.6 is 11.6 Å². The fraction of sp³-hybridized carbons (Fsp3) is 0.267. The van der Waals surface area contributed by atoms with E-state index in [1.807, 2.05) is 30.3 Å². The Morgan fingerprint density at radius 2 is 1.73 bits per heavy atom. The van der Waals surface area contributed by atoms with Crippen molar-refractivity contribution in [3.05, 3.63) is 101 Å². The lowest BCUT2D eigenvalue weighted by Crippen LogP contribution is -2.29. The highest BCUT2D eigenvalue weighted by Crippen LogP contribution is 2.37. The Balaban J connectivity index is 1.47. The smallest absolute Gasteiger partial charge is 0.259 e. The van der Waals surface area contributed by atoms with E-state index in [1.54, 1.807) is 36.2 Å². The van der Waals surface area contributed by atoms with Crippen LogP contribution in [0.3, 0.4) is 0 Å². The molecule has 192 valence electrons. The first-order valence-corrected chi connectivity index (χ1v) is 13.1. The second-order valence-electron chi connectivity index (χ2n) is 9.25. The van der Waals surface area contributed by atoms with Crippen LogP contribution in [0.5, 0.6) is 0 Å². The van der Waals surface area contributed by atoms with Crippen LogP contribution in [0.1, 0.15) is 37.3 Å². The number of aliphatic imine (C=N–C) groups is 1. The van der Waals surface area contributed by atoms with E-state index in [0.717, 1.165) is 12.1 Å². The molecule has 1 fully saturated rings. The van der Waals surface area contributed by atoms with Crippen LogP contribution in [0.15, 0.2) is 89.6 Å². The molecule has 1 aliphatic heterocycles. The monoisotopic (exact) mass is 515 g/mol. The van der Waals surface area contributed by atoms with Crippen LogP contribution in [0.25, 0.3) is 0 Å². The molecule has 1 saturated heterocycles. The van der Waals surface area contributed by atoms with Crippen LogP contribution < -0.4 is 16.0 Å². The van der Waals surface area contributed by atoms with Gasteiger partial charge in [-0.15, -0.1) is 0 Å². The van der Waals surface area contributed by atoms with Gasteiger partial charge in [-0.3, -0.25) is 14.6 Å². The van der Waals surface area contributed by atoms with Gasteiger partial charge in [0.25, 0.3) is 5.91 Å². The number of carbonyl (C=O) groups is 1. The minimum atomic E-state index is -0.189. The molecule has 0 spiro atoms. The van der Waals surface area contributed by atoms with Gasteiger partial charge < -0.3 is 11.1 Å². The van der Waals surface area contributed by atoms with Crippen molar-refractivity contribution < 1.29 is 4.79 Å². The van der Waals surface area contributed by atoms with Gasteiger partial charge in [0.15, 0.2) is 0 Å². The molecule has 1 amide bonds. The molecular formula is C30H34ClN5O. The maximum absolute atomic E-state index is 13.7. The zero-order chi connectivity index (χ0) is 26.0. The molecule has 0 unspecified atom stereocenters. The molecule has 0 saturated carbocycles. The van der Waals surface area contributed by atoms with Gasteiger partial charge in [0.05, 0.1) is 17.7 Å². The largest absolute Gasteiger partial charge is 0.390 e. The lowest BCUT2D eigenvalue weighted by Gasteiger charge is -2.26. The molecule has 37 heavy (non-hydrogen) atoms. The Morgan fingerprint density at radius 3 is 2.43 bits per heavy atom. The molecule has 3 aromatic rings. The van der Waals surface area contributed by atoms with Gasteiger partial charge in [0, 0.05) is 35.6 Å². The highest BCUT2D eigenvalue weighted by Gasteiger charge is 2.22. The number of halogens is 1. The molecule has 3 aromatic carbocycles. The lowest BCUT2D eigenvalue weighted by atomic mass is 10.1. The molecule has 0 bridgehead atoms. The third-order valence-corrected chi connectivity index (χ3v) is 6.68. The van der Waals surface area contributed by atoms with Crippen molar-refractivity contribution in [2.45, 2.75) is 39.3 Å². The van der Waals surface area contributed by atoms with Crippen LogP contribution in [-0.4, -0.2) is 30.2 Å². The molecule has 6 nitrogen and oxygen atoms in total. The Kier molecular flexibility index (Phi) is 9.35. The number of hydrogen-bond acceptors (Lipinski definition) is 4. The summed E-state index contributed by atoms with van der Waals surface area (Å²) in [5.41, 5.74) is 10.4. The van der Waals surface area contributed by atoms with E-state index >= 15 is 0 Å². The van der Waals surface area contributed by atoms with Crippen molar-refractivity contribution in [1.29, 1.82) is 0 Å². The molecule has 4 rings (SSSR count). The van der Waals surface area contributed by atoms with E-state index < -0.39 is 0 Å². The molecule has 3 N–H and O–H groups in total. The number of nitrogens with two attached hydrogens (primary N) is 1. The Bertz CT molecular complexity index is 1230. The summed E-state index contributed by atoms with van der Waals surface area (Å²) in [5, 5.41) is 3.80. The zero-order valence-corrected chi connectivity index (χ0v) is 22.0. The van der Waals surface area contributed by atoms with Crippen LogP contribution in [0.2, 0.25) is 5.02 Å². The third kappa shape index (κ3) is 7.21. The standard InChI is InChI=1S/C30H34ClN5O/c1-23(19-33-20-24-10-12-25(13-11-24)21-35-16-6-3-7-17-35)30(37)36(27-8-4-2-5-9-27)29-18-26(31)14-15-28(29)34-22-32/h2,4-5,8-15,18-19,22,33H,3,6-7,16-17,20-21H2,1H3,(H2,32,34)/b23-19+. The van der Waals surface area contributed by atoms with Crippen LogP contribution in [0.4, 0.5) is 17.1 Å². The minimum Gasteiger partial charge on any atom is -0.390 e. The van der Waals surface area contributed by atoms with Gasteiger partial charge in [-0.25, -0.2) is 4.99 Å². The van der Waals surface area contributed by atoms with Gasteiger partial charge in [-0.05, 0) is 74.3 Å². The van der Waals surface area contributed by atoms with Crippen LogP contribution in [0, 0.1) is 0 Å². The van der Waals surface area contributed by atoms with E-state index in [2.05, 4.69) is 39.5 Å². The molecule has 0 radical (unpaired) electrons. The van der Waals surface area contributed by atoms with Crippen molar-refractivity contribution >= 4 is 40.9 Å². The van der Waals surface area contributed by atoms with E-state index in [-0.39, 0.29) is 5.91 Å². The SMILES string of the molecule is C/C(=C\NCc1ccc(CN2CCCCC2)cc1)C(=O)N(c1ccccc1)c1cc(Cl)ccc1N=CN. The van der Waals surface area contributed by atoms with E-state index in [9.17, 15) is 4.79 Å². The van der Waals surface area contributed by atoms with Gasteiger partial charge in [0.1, 0.15) is 0 Å². The van der Waals surface area contributed by atoms with Crippen LogP contribution in [-0.2, 0) is 17.9 Å². The number of nitrogens with zero attached hydrogens (tertiary/aromatic N) is 3. The molecule has 0 aliphatic carbocycles. The predicted molar refractivity (Wildman–Crippen MR) is 154 cm³/mol. The van der Waals surface area contributed by atoms with E-state index in [0.29, 0.717) is 34.2 Å². The number of nitrogens with one attached hydrogen (secondary N) is 1. The van der Waals surface area contributed by atoms with Gasteiger partial charge in [0.2, 0.25) is 0 Å². The van der Waals surface area contributed by atoms with Crippen molar-refractivity contribution in [1.82, 2.24) is 10.2 Å². The normalized spacial score (nSPS) is 14.6. The number of benzene rings is 3. The fourth-order valence-electron chi connectivity index (χ4n) is 4.51. The molecule has 0 atom stereocenters. The summed E-state index contributed by atoms with van der Waals surface area (Å²) in [6.45, 7) is 5.81. The molecular weight excluding hydrogens is 482 g/mol. The summed E-state index contributed by atoms with van der Waals surface area (Å²) in [5.74, 6) is -0.189. The molecule has 1 heterocycles. The topological polar surface area (TPSA) is 74.0 Å². The number of piperidine rings is 1. The van der Waals surface area contributed by atoms with Crippen molar-refractivity contribution in [3.8, 4) is 0 Å². The summed E-state index contributed by atoms with van der Waals surface area (Å²) in [6.07, 6.45) is 6.92. The molecule has 7 heteroatoms. The Labute approximate surface area is 224 Å². The number of hydrogen-bond donors (Lipinski definition) is 2. The number of carbonyl (C=O) groups excluding carboxylic acids is 1. The summed E-state index contributed by atoms with van der Waals surface area (Å²) in [7, 11) is 0. The van der Waals surface area contributed by atoms with Crippen molar-refractivity contribution in [3.63, 3.8) is 0 Å². The summed E-state index contributed by atoms with van der Waals surface area (Å²) < 4.78 is 0. The zero-order valence-electron chi connectivity index (χ0n) is 21.2. The van der Waals surface area contributed by atoms with E-state index in [4.69, 9.17) is 17.3 Å². The minimum absolute atomic E-state index is 0.189. The predicted octanol–water partition coefficient (Wildman–Crippen LogP) is 6.30. The highest BCUT2D eigenvalue weighted by atomic mass is 35.5. The van der Waals surface area contributed by atoms with Gasteiger partial charge in [-0.1, -0.05) is 60.5 Å². The fourth-order valence-corrected chi connectivity index (χ4v) is 4.67. The second-order valence-corrected chi connectivity index (χ2v) is 9.69. The number of rotatable bonds is 9. The summed E-state index contributed by atoms with van der Waals surface area (Å²) >= 11 is 6.30. The summed E-state index contributed by atoms with van der Waals surface area (Å²) in [6, 6.07) is 23.3. The van der Waals surface area contributed by atoms with Crippen molar-refractivity contribution in [2.24, 2.45) is 10.7 Å². The highest BCUT2D eigenvalue weighted by molar-refractivity contribution is 6.31. The van der Waals surface area contributed by atoms with Crippen molar-refractivity contribution in [2.75, 3.05) is 18.0 Å². The number of likely N-dealkylation sites (tertiary alicyclic amines) is 1. The van der Waals surface area contributed by atoms with Gasteiger partial charge >= 0.3 is 0 Å². The Hall–Kier alpha value is -3.61. The molecule has 0 aromatic heterocycles. The van der Waals surface area contributed by atoms with Gasteiger partial charge in [-0.2, -0.15) is 0 Å². The maximum Gasteiger partial charge on any atom is 0.259 e. The van der Waals surface area contributed by atoms with E-state index in [1.165, 1.54) is 44.3 Å². The Morgan fingerprint density at radius 1 is 1.03 bits per heavy atom. The second kappa shape index (κ2) is 13.1.